The van der Waals surface area contributed by atoms with Gasteiger partial charge in [-0.05, 0) is 37.0 Å². The predicted octanol–water partition coefficient (Wildman–Crippen LogP) is 6.34. The minimum atomic E-state index is -0.109. The molecule has 0 aromatic heterocycles. The summed E-state index contributed by atoms with van der Waals surface area (Å²) in [4.78, 5) is 11.6. The highest BCUT2D eigenvalue weighted by molar-refractivity contribution is 5.71. The van der Waals surface area contributed by atoms with Crippen LogP contribution in [0.15, 0.2) is 24.3 Å². The first-order valence-corrected chi connectivity index (χ1v) is 10.6. The van der Waals surface area contributed by atoms with E-state index < -0.39 is 0 Å². The molecule has 1 rings (SSSR count). The van der Waals surface area contributed by atoms with Crippen molar-refractivity contribution in [3.63, 3.8) is 0 Å². The third kappa shape index (κ3) is 10.5. The predicted molar refractivity (Wildman–Crippen MR) is 109 cm³/mol. The van der Waals surface area contributed by atoms with Gasteiger partial charge in [-0.25, -0.2) is 0 Å². The summed E-state index contributed by atoms with van der Waals surface area (Å²) in [5.41, 5.74) is 1.38. The first-order chi connectivity index (χ1) is 12.7. The number of esters is 1. The Kier molecular flexibility index (Phi) is 12.7. The van der Waals surface area contributed by atoms with Crippen molar-refractivity contribution < 1.29 is 14.3 Å². The summed E-state index contributed by atoms with van der Waals surface area (Å²) in [6, 6.07) is 8.41. The molecule has 1 aromatic rings. The summed E-state index contributed by atoms with van der Waals surface area (Å²) < 4.78 is 10.9. The molecule has 1 unspecified atom stereocenters. The van der Waals surface area contributed by atoms with Crippen LogP contribution in [0.4, 0.5) is 0 Å². The lowest BCUT2D eigenvalue weighted by Crippen LogP contribution is -2.15. The molecule has 0 N–H and O–H groups in total. The van der Waals surface area contributed by atoms with Crippen molar-refractivity contribution in [1.82, 2.24) is 0 Å². The second-order valence-corrected chi connectivity index (χ2v) is 7.19. The Labute approximate surface area is 160 Å². The summed E-state index contributed by atoms with van der Waals surface area (Å²) in [5, 5.41) is 0. The van der Waals surface area contributed by atoms with E-state index in [4.69, 9.17) is 9.47 Å². The van der Waals surface area contributed by atoms with Crippen LogP contribution in [0.5, 0.6) is 5.75 Å². The van der Waals surface area contributed by atoms with Crippen LogP contribution in [-0.4, -0.2) is 19.2 Å². The van der Waals surface area contributed by atoms with Gasteiger partial charge in [0.05, 0.1) is 19.1 Å². The average Bonchev–Trinajstić information content (AvgIpc) is 2.67. The summed E-state index contributed by atoms with van der Waals surface area (Å²) in [7, 11) is 0. The number of benzene rings is 1. The smallest absolute Gasteiger partial charge is 0.308 e. The van der Waals surface area contributed by atoms with Crippen molar-refractivity contribution in [1.29, 1.82) is 0 Å². The quantitative estimate of drug-likeness (QED) is 0.270. The standard InChI is InChI=1S/C23H38O3/c1-4-6-7-8-9-10-11-13-21-14-16-22(17-15-21)25-18-12-19-26-23(24)20(3)5-2/h14-17,20H,4-13,18-19H2,1-3H3. The Morgan fingerprint density at radius 1 is 0.885 bits per heavy atom. The van der Waals surface area contributed by atoms with E-state index in [0.717, 1.165) is 25.0 Å². The second-order valence-electron chi connectivity index (χ2n) is 7.19. The first kappa shape index (κ1) is 22.5. The summed E-state index contributed by atoms with van der Waals surface area (Å²) in [6.45, 7) is 7.15. The number of hydrogen-bond donors (Lipinski definition) is 0. The number of unbranched alkanes of at least 4 members (excludes halogenated alkanes) is 6. The highest BCUT2D eigenvalue weighted by Gasteiger charge is 2.11. The number of hydrogen-bond acceptors (Lipinski definition) is 3. The maximum Gasteiger partial charge on any atom is 0.308 e. The molecule has 0 saturated carbocycles. The number of aryl methyl sites for hydroxylation is 1. The highest BCUT2D eigenvalue weighted by atomic mass is 16.5. The van der Waals surface area contributed by atoms with E-state index in [0.29, 0.717) is 13.2 Å². The molecular formula is C23H38O3. The van der Waals surface area contributed by atoms with E-state index in [2.05, 4.69) is 19.1 Å². The summed E-state index contributed by atoms with van der Waals surface area (Å²) in [6.07, 6.45) is 12.1. The topological polar surface area (TPSA) is 35.5 Å². The molecule has 0 aliphatic carbocycles. The van der Waals surface area contributed by atoms with Crippen molar-refractivity contribution in [2.75, 3.05) is 13.2 Å². The molecule has 0 amide bonds. The average molecular weight is 363 g/mol. The van der Waals surface area contributed by atoms with E-state index in [1.165, 1.54) is 50.5 Å². The first-order valence-electron chi connectivity index (χ1n) is 10.6. The molecule has 0 bridgehead atoms. The van der Waals surface area contributed by atoms with E-state index in [9.17, 15) is 4.79 Å². The third-order valence-electron chi connectivity index (χ3n) is 4.81. The second kappa shape index (κ2) is 14.6. The van der Waals surface area contributed by atoms with E-state index in [1.807, 2.05) is 26.0 Å². The Bertz CT molecular complexity index is 467. The third-order valence-corrected chi connectivity index (χ3v) is 4.81. The lowest BCUT2D eigenvalue weighted by molar-refractivity contribution is -0.148. The van der Waals surface area contributed by atoms with Gasteiger partial charge in [-0.15, -0.1) is 0 Å². The number of carbonyl (C=O) groups excluding carboxylic acids is 1. The highest BCUT2D eigenvalue weighted by Crippen LogP contribution is 2.15. The minimum absolute atomic E-state index is 0.0141. The normalized spacial score (nSPS) is 12.0. The van der Waals surface area contributed by atoms with Crippen molar-refractivity contribution in [3.05, 3.63) is 29.8 Å². The van der Waals surface area contributed by atoms with Gasteiger partial charge >= 0.3 is 5.97 Å². The van der Waals surface area contributed by atoms with Gasteiger partial charge in [-0.2, -0.15) is 0 Å². The maximum absolute atomic E-state index is 11.6. The van der Waals surface area contributed by atoms with Gasteiger partial charge in [0, 0.05) is 6.42 Å². The molecular weight excluding hydrogens is 324 g/mol. The van der Waals surface area contributed by atoms with Gasteiger partial charge in [0.15, 0.2) is 0 Å². The van der Waals surface area contributed by atoms with Gasteiger partial charge < -0.3 is 9.47 Å². The van der Waals surface area contributed by atoms with Gasteiger partial charge in [0.1, 0.15) is 5.75 Å². The van der Waals surface area contributed by atoms with Crippen molar-refractivity contribution in [3.8, 4) is 5.75 Å². The molecule has 0 radical (unpaired) electrons. The molecule has 0 aliphatic heterocycles. The van der Waals surface area contributed by atoms with Crippen LogP contribution >= 0.6 is 0 Å². The fraction of sp³-hybridized carbons (Fsp3) is 0.696. The van der Waals surface area contributed by atoms with Gasteiger partial charge in [0.25, 0.3) is 0 Å². The molecule has 0 aliphatic rings. The van der Waals surface area contributed by atoms with Gasteiger partial charge in [-0.3, -0.25) is 4.79 Å². The Balaban J connectivity index is 2.08. The minimum Gasteiger partial charge on any atom is -0.493 e. The maximum atomic E-state index is 11.6. The van der Waals surface area contributed by atoms with Crippen LogP contribution in [0, 0.1) is 5.92 Å². The van der Waals surface area contributed by atoms with E-state index >= 15 is 0 Å². The molecule has 3 nitrogen and oxygen atoms in total. The molecule has 0 spiro atoms. The fourth-order valence-electron chi connectivity index (χ4n) is 2.77. The monoisotopic (exact) mass is 362 g/mol. The van der Waals surface area contributed by atoms with Crippen molar-refractivity contribution >= 4 is 5.97 Å². The molecule has 1 aromatic carbocycles. The zero-order valence-corrected chi connectivity index (χ0v) is 17.1. The molecule has 0 heterocycles. The number of ether oxygens (including phenoxy) is 2. The van der Waals surface area contributed by atoms with Crippen molar-refractivity contribution in [2.24, 2.45) is 5.92 Å². The molecule has 0 saturated heterocycles. The molecule has 3 heteroatoms. The van der Waals surface area contributed by atoms with Crippen LogP contribution in [-0.2, 0) is 16.0 Å². The lowest BCUT2D eigenvalue weighted by atomic mass is 10.0. The molecule has 26 heavy (non-hydrogen) atoms. The Hall–Kier alpha value is -1.51. The Morgan fingerprint density at radius 3 is 2.19 bits per heavy atom. The summed E-state index contributed by atoms with van der Waals surface area (Å²) in [5.74, 6) is 0.767. The van der Waals surface area contributed by atoms with Crippen molar-refractivity contribution in [2.45, 2.75) is 85.0 Å². The van der Waals surface area contributed by atoms with Crippen LogP contribution in [0.2, 0.25) is 0 Å². The zero-order chi connectivity index (χ0) is 19.0. The molecule has 1 atom stereocenters. The van der Waals surface area contributed by atoms with E-state index in [-0.39, 0.29) is 11.9 Å². The van der Waals surface area contributed by atoms with Crippen LogP contribution < -0.4 is 4.74 Å². The fourth-order valence-corrected chi connectivity index (χ4v) is 2.77. The molecule has 148 valence electrons. The Morgan fingerprint density at radius 2 is 1.54 bits per heavy atom. The van der Waals surface area contributed by atoms with Crippen LogP contribution in [0.3, 0.4) is 0 Å². The zero-order valence-electron chi connectivity index (χ0n) is 17.1. The van der Waals surface area contributed by atoms with E-state index in [1.54, 1.807) is 0 Å². The largest absolute Gasteiger partial charge is 0.493 e. The number of carbonyl (C=O) groups is 1. The SMILES string of the molecule is CCCCCCCCCc1ccc(OCCCOC(=O)C(C)CC)cc1. The van der Waals surface area contributed by atoms with Gasteiger partial charge in [0.2, 0.25) is 0 Å². The van der Waals surface area contributed by atoms with Crippen LogP contribution in [0.25, 0.3) is 0 Å². The van der Waals surface area contributed by atoms with Gasteiger partial charge in [-0.1, -0.05) is 71.4 Å². The molecule has 0 fully saturated rings. The van der Waals surface area contributed by atoms with Crippen LogP contribution in [0.1, 0.15) is 84.1 Å². The lowest BCUT2D eigenvalue weighted by Gasteiger charge is -2.10. The summed E-state index contributed by atoms with van der Waals surface area (Å²) >= 11 is 0. The number of rotatable bonds is 15.